The van der Waals surface area contributed by atoms with Crippen LogP contribution < -0.4 is 14.2 Å². The molecule has 1 aliphatic rings. The highest BCUT2D eigenvalue weighted by Gasteiger charge is 2.23. The number of hydrogen-bond donors (Lipinski definition) is 1. The van der Waals surface area contributed by atoms with Crippen molar-refractivity contribution in [2.45, 2.75) is 18.1 Å². The van der Waals surface area contributed by atoms with Gasteiger partial charge in [-0.3, -0.25) is 0 Å². The Morgan fingerprint density at radius 2 is 1.89 bits per heavy atom. The van der Waals surface area contributed by atoms with Gasteiger partial charge < -0.3 is 14.0 Å². The third kappa shape index (κ3) is 3.54. The van der Waals surface area contributed by atoms with Gasteiger partial charge in [-0.15, -0.1) is 11.3 Å². The largest absolute Gasteiger partial charge is 0.454 e. The summed E-state index contributed by atoms with van der Waals surface area (Å²) in [6, 6.07) is 5.53. The molecule has 0 fully saturated rings. The van der Waals surface area contributed by atoms with Crippen LogP contribution in [-0.4, -0.2) is 20.4 Å². The molecule has 7 nitrogen and oxygen atoms in total. The van der Waals surface area contributed by atoms with Crippen molar-refractivity contribution in [1.29, 1.82) is 0 Å². The van der Waals surface area contributed by atoms with Crippen LogP contribution in [0.4, 0.5) is 5.88 Å². The minimum atomic E-state index is -3.83. The van der Waals surface area contributed by atoms with E-state index in [2.05, 4.69) is 25.8 Å². The van der Waals surface area contributed by atoms with Crippen molar-refractivity contribution in [3.63, 3.8) is 0 Å². The summed E-state index contributed by atoms with van der Waals surface area (Å²) in [5, 5.41) is 5.46. The lowest BCUT2D eigenvalue weighted by molar-refractivity contribution is 0.174. The van der Waals surface area contributed by atoms with Gasteiger partial charge >= 0.3 is 0 Å². The lowest BCUT2D eigenvalue weighted by Gasteiger charge is -2.05. The van der Waals surface area contributed by atoms with Gasteiger partial charge in [0.15, 0.2) is 11.5 Å². The molecule has 1 N–H and O–H groups in total. The summed E-state index contributed by atoms with van der Waals surface area (Å²) in [6.07, 6.45) is 3.61. The molecule has 3 heterocycles. The topological polar surface area (TPSA) is 90.7 Å². The lowest BCUT2D eigenvalue weighted by Crippen LogP contribution is -2.12. The molecule has 2 aromatic heterocycles. The van der Waals surface area contributed by atoms with E-state index < -0.39 is 10.0 Å². The molecule has 0 unspecified atom stereocenters. The van der Waals surface area contributed by atoms with Crippen LogP contribution >= 0.6 is 27.3 Å². The Morgan fingerprint density at radius 3 is 2.61 bits per heavy atom. The number of nitrogens with zero attached hydrogens (tertiary/aromatic N) is 1. The number of benzene rings is 1. The fourth-order valence-electron chi connectivity index (χ4n) is 2.66. The second kappa shape index (κ2) is 7.26. The van der Waals surface area contributed by atoms with E-state index in [1.54, 1.807) is 24.4 Å². The highest BCUT2D eigenvalue weighted by atomic mass is 79.9. The van der Waals surface area contributed by atoms with Crippen molar-refractivity contribution in [3.8, 4) is 11.5 Å². The first kappa shape index (κ1) is 19.0. The van der Waals surface area contributed by atoms with E-state index in [9.17, 15) is 8.42 Å². The Balaban J connectivity index is 1.62. The molecular weight excluding hydrogens is 468 g/mol. The highest BCUT2D eigenvalue weighted by Crippen LogP contribution is 2.36. The molecule has 0 atom stereocenters. The van der Waals surface area contributed by atoms with Crippen LogP contribution in [-0.2, 0) is 10.0 Å². The number of ether oxygens (including phenoxy) is 2. The Kier molecular flexibility index (Phi) is 4.94. The second-order valence-electron chi connectivity index (χ2n) is 6.08. The molecular formula is C18H15BrN2O5S2. The summed E-state index contributed by atoms with van der Waals surface area (Å²) in [5.41, 5.74) is 3.05. The number of hydrogen-bond acceptors (Lipinski definition) is 7. The van der Waals surface area contributed by atoms with E-state index in [0.29, 0.717) is 27.2 Å². The maximum atomic E-state index is 12.8. The molecule has 4 rings (SSSR count). The maximum absolute atomic E-state index is 12.8. The fourth-order valence-corrected chi connectivity index (χ4v) is 5.36. The second-order valence-corrected chi connectivity index (χ2v) is 9.66. The van der Waals surface area contributed by atoms with E-state index >= 15 is 0 Å². The third-order valence-corrected chi connectivity index (χ3v) is 7.90. The zero-order valence-electron chi connectivity index (χ0n) is 14.9. The van der Waals surface area contributed by atoms with Crippen molar-refractivity contribution < 1.29 is 22.4 Å². The Bertz CT molecular complexity index is 1180. The fraction of sp³-hybridized carbons (Fsp3) is 0.167. The summed E-state index contributed by atoms with van der Waals surface area (Å²) in [7, 11) is -3.83. The van der Waals surface area contributed by atoms with Crippen LogP contribution in [0.2, 0.25) is 0 Å². The number of aryl methyl sites for hydroxylation is 2. The molecule has 146 valence electrons. The summed E-state index contributed by atoms with van der Waals surface area (Å²) in [4.78, 5) is 0. The summed E-state index contributed by atoms with van der Waals surface area (Å²) < 4.78 is 44.5. The normalized spacial score (nSPS) is 13.4. The molecule has 0 radical (unpaired) electrons. The molecule has 0 bridgehead atoms. The summed E-state index contributed by atoms with van der Waals surface area (Å²) in [5.74, 6) is 1.44. The van der Waals surface area contributed by atoms with Gasteiger partial charge in [0, 0.05) is 5.56 Å². The van der Waals surface area contributed by atoms with Gasteiger partial charge in [0.2, 0.25) is 6.79 Å². The molecule has 1 aliphatic heterocycles. The zero-order valence-corrected chi connectivity index (χ0v) is 18.1. The first-order valence-electron chi connectivity index (χ1n) is 8.15. The first-order valence-corrected chi connectivity index (χ1v) is 11.3. The molecule has 0 aliphatic carbocycles. The third-order valence-electron chi connectivity index (χ3n) is 4.12. The Morgan fingerprint density at radius 1 is 1.18 bits per heavy atom. The van der Waals surface area contributed by atoms with E-state index in [-0.39, 0.29) is 16.9 Å². The number of fused-ring (bicyclic) bond motifs is 1. The minimum absolute atomic E-state index is 0.0486. The van der Waals surface area contributed by atoms with E-state index in [1.165, 1.54) is 0 Å². The minimum Gasteiger partial charge on any atom is -0.454 e. The molecule has 10 heteroatoms. The van der Waals surface area contributed by atoms with Gasteiger partial charge in [-0.1, -0.05) is 17.3 Å². The number of sulfonamides is 1. The van der Waals surface area contributed by atoms with Gasteiger partial charge in [0.1, 0.15) is 8.68 Å². The van der Waals surface area contributed by atoms with Gasteiger partial charge in [0.25, 0.3) is 15.9 Å². The monoisotopic (exact) mass is 482 g/mol. The summed E-state index contributed by atoms with van der Waals surface area (Å²) in [6.45, 7) is 3.87. The number of thiophene rings is 1. The molecule has 0 spiro atoms. The van der Waals surface area contributed by atoms with Crippen molar-refractivity contribution in [3.05, 3.63) is 50.4 Å². The lowest BCUT2D eigenvalue weighted by atomic mass is 10.1. The van der Waals surface area contributed by atoms with E-state index in [4.69, 9.17) is 14.0 Å². The van der Waals surface area contributed by atoms with Crippen LogP contribution in [0.3, 0.4) is 0 Å². The van der Waals surface area contributed by atoms with Crippen LogP contribution in [0, 0.1) is 13.8 Å². The van der Waals surface area contributed by atoms with Crippen molar-refractivity contribution in [2.75, 3.05) is 11.5 Å². The number of anilines is 1. The zero-order chi connectivity index (χ0) is 19.9. The number of halogens is 1. The summed E-state index contributed by atoms with van der Waals surface area (Å²) >= 11 is 4.39. The Hall–Kier alpha value is -2.30. The highest BCUT2D eigenvalue weighted by molar-refractivity contribution is 9.10. The van der Waals surface area contributed by atoms with Crippen LogP contribution in [0.5, 0.6) is 11.5 Å². The van der Waals surface area contributed by atoms with Crippen LogP contribution in [0.25, 0.3) is 12.2 Å². The van der Waals surface area contributed by atoms with Gasteiger partial charge in [0.05, 0.1) is 5.69 Å². The molecule has 0 saturated heterocycles. The molecule has 0 saturated carbocycles. The van der Waals surface area contributed by atoms with E-state index in [1.807, 2.05) is 25.1 Å². The van der Waals surface area contributed by atoms with E-state index in [0.717, 1.165) is 22.5 Å². The van der Waals surface area contributed by atoms with Gasteiger partial charge in [-0.05, 0) is 64.5 Å². The Labute approximate surface area is 174 Å². The average Bonchev–Trinajstić information content (AvgIpc) is 3.36. The first-order chi connectivity index (χ1) is 13.3. The van der Waals surface area contributed by atoms with Crippen molar-refractivity contribution in [1.82, 2.24) is 5.16 Å². The quantitative estimate of drug-likeness (QED) is 0.560. The van der Waals surface area contributed by atoms with Crippen LogP contribution in [0.15, 0.2) is 36.8 Å². The smallest absolute Gasteiger partial charge is 0.274 e. The SMILES string of the molecule is Cc1cc2c(cc1/C=C/c1ccsc1S(=O)(=O)Nc1onc(C)c1Br)OCO2. The van der Waals surface area contributed by atoms with Crippen LogP contribution in [0.1, 0.15) is 22.4 Å². The maximum Gasteiger partial charge on any atom is 0.274 e. The number of nitrogens with one attached hydrogen (secondary N) is 1. The van der Waals surface area contributed by atoms with Gasteiger partial charge in [-0.2, -0.15) is 0 Å². The van der Waals surface area contributed by atoms with Gasteiger partial charge in [-0.25, -0.2) is 13.1 Å². The molecule has 28 heavy (non-hydrogen) atoms. The molecule has 3 aromatic rings. The number of rotatable bonds is 5. The number of aromatic nitrogens is 1. The molecule has 1 aromatic carbocycles. The van der Waals surface area contributed by atoms with Crippen molar-refractivity contribution in [2.24, 2.45) is 0 Å². The standard InChI is InChI=1S/C18H15BrN2O5S2/c1-10-7-14-15(25-9-24-14)8-13(10)4-3-12-5-6-27-18(12)28(22,23)21-17-16(19)11(2)20-26-17/h3-8,21H,9H2,1-2H3/b4-3+. The predicted octanol–water partition coefficient (Wildman–Crippen LogP) is 4.82. The van der Waals surface area contributed by atoms with Crippen molar-refractivity contribution >= 4 is 55.3 Å². The average molecular weight is 483 g/mol. The molecule has 0 amide bonds. The predicted molar refractivity (Wildman–Crippen MR) is 110 cm³/mol.